The maximum Gasteiger partial charge on any atom is 0.264 e. The summed E-state index contributed by atoms with van der Waals surface area (Å²) in [4.78, 5) is 28.5. The van der Waals surface area contributed by atoms with Gasteiger partial charge in [0.2, 0.25) is 11.8 Å². The fraction of sp³-hybridized carbons (Fsp3) is 0.286. The van der Waals surface area contributed by atoms with Gasteiger partial charge in [-0.3, -0.25) is 13.9 Å². The van der Waals surface area contributed by atoms with Crippen molar-refractivity contribution in [2.24, 2.45) is 0 Å². The Morgan fingerprint density at radius 3 is 2.13 bits per heavy atom. The van der Waals surface area contributed by atoms with Gasteiger partial charge < -0.3 is 10.2 Å². The molecule has 0 fully saturated rings. The number of rotatable bonds is 9. The van der Waals surface area contributed by atoms with Gasteiger partial charge >= 0.3 is 0 Å². The number of sulfonamides is 1. The number of amides is 2. The maximum atomic E-state index is 13.9. The highest BCUT2D eigenvalue weighted by atomic mass is 127. The van der Waals surface area contributed by atoms with Crippen LogP contribution in [0, 0.1) is 3.57 Å². The normalized spacial score (nSPS) is 12.5. The number of nitrogens with zero attached hydrogens (tertiary/aromatic N) is 2. The van der Waals surface area contributed by atoms with Gasteiger partial charge in [0.05, 0.1) is 20.6 Å². The molecule has 3 aromatic rings. The summed E-state index contributed by atoms with van der Waals surface area (Å²) in [6.07, 6.45) is 0. The van der Waals surface area contributed by atoms with E-state index >= 15 is 0 Å². The van der Waals surface area contributed by atoms with Crippen LogP contribution in [0.2, 0.25) is 10.0 Å². The lowest BCUT2D eigenvalue weighted by atomic mass is 10.1. The van der Waals surface area contributed by atoms with Crippen molar-refractivity contribution in [3.63, 3.8) is 0 Å². The summed E-state index contributed by atoms with van der Waals surface area (Å²) >= 11 is 14.4. The molecule has 0 saturated carbocycles. The number of nitrogens with one attached hydrogen (secondary N) is 1. The van der Waals surface area contributed by atoms with Crippen molar-refractivity contribution < 1.29 is 18.0 Å². The first-order chi connectivity index (χ1) is 18.2. The van der Waals surface area contributed by atoms with Gasteiger partial charge in [0.15, 0.2) is 0 Å². The second kappa shape index (κ2) is 12.9. The number of anilines is 1. The van der Waals surface area contributed by atoms with Gasteiger partial charge in [0.1, 0.15) is 12.6 Å². The summed E-state index contributed by atoms with van der Waals surface area (Å²) < 4.78 is 29.5. The molecule has 0 aliphatic carbocycles. The Morgan fingerprint density at radius 1 is 0.949 bits per heavy atom. The van der Waals surface area contributed by atoms with Gasteiger partial charge in [0.25, 0.3) is 10.0 Å². The standard InChI is InChI=1S/C28H30Cl2IN3O4S/c1-19(27(36)32-28(2,3)4)33(17-20-10-15-24(29)25(30)16-20)26(35)18-34(22-13-11-21(31)12-14-22)39(37,38)23-8-6-5-7-9-23/h5-16,19H,17-18H2,1-4H3,(H,32,36)/t19-/m1/s1. The van der Waals surface area contributed by atoms with Gasteiger partial charge in [0, 0.05) is 15.7 Å². The zero-order valence-corrected chi connectivity index (χ0v) is 26.5. The minimum absolute atomic E-state index is 0.0143. The topological polar surface area (TPSA) is 86.8 Å². The molecule has 0 bridgehead atoms. The van der Waals surface area contributed by atoms with E-state index in [0.717, 1.165) is 7.88 Å². The van der Waals surface area contributed by atoms with Gasteiger partial charge in [-0.1, -0.05) is 47.5 Å². The molecule has 2 amide bonds. The second-order valence-electron chi connectivity index (χ2n) is 9.99. The zero-order valence-electron chi connectivity index (χ0n) is 22.0. The van der Waals surface area contributed by atoms with E-state index in [2.05, 4.69) is 27.9 Å². The van der Waals surface area contributed by atoms with Crippen LogP contribution in [0.1, 0.15) is 33.3 Å². The monoisotopic (exact) mass is 701 g/mol. The van der Waals surface area contributed by atoms with Crippen LogP contribution < -0.4 is 9.62 Å². The highest BCUT2D eigenvalue weighted by Gasteiger charge is 2.33. The molecule has 1 N–H and O–H groups in total. The molecule has 11 heteroatoms. The molecule has 3 aromatic carbocycles. The van der Waals surface area contributed by atoms with Crippen LogP contribution in [0.3, 0.4) is 0 Å². The summed E-state index contributed by atoms with van der Waals surface area (Å²) in [5.74, 6) is -0.932. The van der Waals surface area contributed by atoms with E-state index in [1.54, 1.807) is 67.6 Å². The van der Waals surface area contributed by atoms with E-state index in [0.29, 0.717) is 21.3 Å². The summed E-state index contributed by atoms with van der Waals surface area (Å²) in [6.45, 7) is 6.62. The molecule has 0 unspecified atom stereocenters. The molecule has 0 heterocycles. The Kier molecular flexibility index (Phi) is 10.3. The Morgan fingerprint density at radius 2 is 1.56 bits per heavy atom. The quantitative estimate of drug-likeness (QED) is 0.272. The minimum atomic E-state index is -4.11. The smallest absolute Gasteiger partial charge is 0.264 e. The second-order valence-corrected chi connectivity index (χ2v) is 13.9. The van der Waals surface area contributed by atoms with Crippen LogP contribution in [-0.2, 0) is 26.2 Å². The average molecular weight is 702 g/mol. The van der Waals surface area contributed by atoms with Crippen LogP contribution >= 0.6 is 45.8 Å². The average Bonchev–Trinajstić information content (AvgIpc) is 2.87. The van der Waals surface area contributed by atoms with Gasteiger partial charge in [-0.15, -0.1) is 0 Å². The van der Waals surface area contributed by atoms with Crippen LogP contribution in [0.5, 0.6) is 0 Å². The van der Waals surface area contributed by atoms with Gasteiger partial charge in [-0.05, 0) is 104 Å². The molecule has 0 aliphatic heterocycles. The van der Waals surface area contributed by atoms with E-state index < -0.39 is 34.1 Å². The molecule has 0 aromatic heterocycles. The van der Waals surface area contributed by atoms with Crippen molar-refractivity contribution in [3.05, 3.63) is 92.0 Å². The van der Waals surface area contributed by atoms with Crippen molar-refractivity contribution >= 4 is 73.3 Å². The first kappa shape index (κ1) is 31.2. The summed E-state index contributed by atoms with van der Waals surface area (Å²) in [5.41, 5.74) is 0.432. The van der Waals surface area contributed by atoms with E-state index in [1.165, 1.54) is 17.0 Å². The highest BCUT2D eigenvalue weighted by molar-refractivity contribution is 14.1. The summed E-state index contributed by atoms with van der Waals surface area (Å²) in [6, 6.07) is 18.8. The number of carbonyl (C=O) groups is 2. The molecule has 0 radical (unpaired) electrons. The number of hydrogen-bond donors (Lipinski definition) is 1. The number of halogens is 3. The third kappa shape index (κ3) is 8.33. The molecular weight excluding hydrogens is 672 g/mol. The number of benzene rings is 3. The zero-order chi connectivity index (χ0) is 29.0. The van der Waals surface area contributed by atoms with Crippen LogP contribution in [0.15, 0.2) is 77.7 Å². The molecule has 0 aliphatic rings. The van der Waals surface area contributed by atoms with Crippen LogP contribution in [-0.4, -0.2) is 43.3 Å². The van der Waals surface area contributed by atoms with Gasteiger partial charge in [-0.2, -0.15) is 0 Å². The molecule has 39 heavy (non-hydrogen) atoms. The van der Waals surface area contributed by atoms with Crippen molar-refractivity contribution in [1.29, 1.82) is 0 Å². The molecule has 0 saturated heterocycles. The lowest BCUT2D eigenvalue weighted by Crippen LogP contribution is -2.54. The van der Waals surface area contributed by atoms with Crippen molar-refractivity contribution in [2.45, 2.75) is 50.7 Å². The highest BCUT2D eigenvalue weighted by Crippen LogP contribution is 2.27. The molecule has 208 valence electrons. The molecule has 7 nitrogen and oxygen atoms in total. The predicted molar refractivity (Wildman–Crippen MR) is 165 cm³/mol. The van der Waals surface area contributed by atoms with E-state index in [4.69, 9.17) is 23.2 Å². The minimum Gasteiger partial charge on any atom is -0.350 e. The lowest BCUT2D eigenvalue weighted by molar-refractivity contribution is -0.140. The lowest BCUT2D eigenvalue weighted by Gasteiger charge is -2.33. The Bertz CT molecular complexity index is 1430. The predicted octanol–water partition coefficient (Wildman–Crippen LogP) is 6.13. The SMILES string of the molecule is C[C@H](C(=O)NC(C)(C)C)N(Cc1ccc(Cl)c(Cl)c1)C(=O)CN(c1ccc(I)cc1)S(=O)(=O)c1ccccc1. The largest absolute Gasteiger partial charge is 0.350 e. The number of hydrogen-bond acceptors (Lipinski definition) is 4. The van der Waals surface area contributed by atoms with Gasteiger partial charge in [-0.25, -0.2) is 8.42 Å². The molecule has 0 spiro atoms. The third-order valence-electron chi connectivity index (χ3n) is 5.73. The van der Waals surface area contributed by atoms with Crippen molar-refractivity contribution in [2.75, 3.05) is 10.8 Å². The van der Waals surface area contributed by atoms with Crippen LogP contribution in [0.25, 0.3) is 0 Å². The Balaban J connectivity index is 2.03. The fourth-order valence-corrected chi connectivity index (χ4v) is 5.86. The fourth-order valence-electron chi connectivity index (χ4n) is 3.75. The Labute approximate surface area is 253 Å². The summed E-state index contributed by atoms with van der Waals surface area (Å²) in [7, 11) is -4.11. The van der Waals surface area contributed by atoms with Crippen molar-refractivity contribution in [3.8, 4) is 0 Å². The summed E-state index contributed by atoms with van der Waals surface area (Å²) in [5, 5.41) is 3.56. The Hall–Kier alpha value is -2.34. The molecular formula is C28H30Cl2IN3O4S. The maximum absolute atomic E-state index is 13.9. The van der Waals surface area contributed by atoms with E-state index in [-0.39, 0.29) is 17.3 Å². The van der Waals surface area contributed by atoms with Crippen LogP contribution in [0.4, 0.5) is 5.69 Å². The molecule has 1 atom stereocenters. The number of carbonyl (C=O) groups excluding carboxylic acids is 2. The van der Waals surface area contributed by atoms with E-state index in [1.807, 2.05) is 20.8 Å². The third-order valence-corrected chi connectivity index (χ3v) is 8.97. The first-order valence-electron chi connectivity index (χ1n) is 12.1. The molecule has 3 rings (SSSR count). The van der Waals surface area contributed by atoms with E-state index in [9.17, 15) is 18.0 Å². The first-order valence-corrected chi connectivity index (χ1v) is 15.4. The van der Waals surface area contributed by atoms with Crippen molar-refractivity contribution in [1.82, 2.24) is 10.2 Å².